The first-order chi connectivity index (χ1) is 13.8. The van der Waals surface area contributed by atoms with Gasteiger partial charge >= 0.3 is 5.97 Å². The number of unbranched alkanes of at least 4 members (excludes halogenated alkanes) is 4. The highest BCUT2D eigenvalue weighted by Crippen LogP contribution is 2.24. The van der Waals surface area contributed by atoms with Crippen LogP contribution in [0.2, 0.25) is 0 Å². The van der Waals surface area contributed by atoms with Crippen molar-refractivity contribution in [2.24, 2.45) is 0 Å². The van der Waals surface area contributed by atoms with Crippen molar-refractivity contribution in [1.82, 2.24) is 4.72 Å². The fourth-order valence-corrected chi connectivity index (χ4v) is 4.76. The molecule has 0 radical (unpaired) electrons. The molecule has 2 aromatic carbocycles. The van der Waals surface area contributed by atoms with Crippen molar-refractivity contribution in [1.29, 1.82) is 0 Å². The first kappa shape index (κ1) is 23.0. The molecule has 1 atom stereocenters. The highest BCUT2D eigenvalue weighted by molar-refractivity contribution is 7.89. The Kier molecular flexibility index (Phi) is 8.79. The number of aryl methyl sites for hydroxylation is 1. The van der Waals surface area contributed by atoms with Gasteiger partial charge in [-0.25, -0.2) is 17.5 Å². The minimum Gasteiger partial charge on any atom is -0.481 e. The molecule has 0 saturated heterocycles. The topological polar surface area (TPSA) is 83.5 Å². The molecule has 158 valence electrons. The monoisotopic (exact) mass is 421 g/mol. The largest absolute Gasteiger partial charge is 0.481 e. The van der Waals surface area contributed by atoms with Gasteiger partial charge in [0.05, 0.1) is 4.90 Å². The summed E-state index contributed by atoms with van der Waals surface area (Å²) in [5, 5.41) is 8.66. The van der Waals surface area contributed by atoms with E-state index in [1.54, 1.807) is 43.3 Å². The molecule has 0 heterocycles. The van der Waals surface area contributed by atoms with Crippen molar-refractivity contribution >= 4 is 16.0 Å². The highest BCUT2D eigenvalue weighted by atomic mass is 32.2. The molecule has 0 amide bonds. The molecule has 0 fully saturated rings. The van der Waals surface area contributed by atoms with E-state index < -0.39 is 22.0 Å². The summed E-state index contributed by atoms with van der Waals surface area (Å²) in [4.78, 5) is 10.8. The molecule has 0 saturated carbocycles. The molecule has 0 aliphatic carbocycles. The molecular formula is C22H28FNO4S. The normalized spacial score (nSPS) is 12.6. The van der Waals surface area contributed by atoms with Crippen molar-refractivity contribution in [3.8, 4) is 0 Å². The van der Waals surface area contributed by atoms with Crippen LogP contribution in [0.15, 0.2) is 53.4 Å². The van der Waals surface area contributed by atoms with E-state index >= 15 is 0 Å². The second-order valence-electron chi connectivity index (χ2n) is 7.19. The molecule has 5 nitrogen and oxygen atoms in total. The van der Waals surface area contributed by atoms with Crippen LogP contribution in [0.5, 0.6) is 0 Å². The summed E-state index contributed by atoms with van der Waals surface area (Å²) >= 11 is 0. The summed E-state index contributed by atoms with van der Waals surface area (Å²) in [5.41, 5.74) is 1.38. The number of carboxylic acids is 1. The first-order valence-corrected chi connectivity index (χ1v) is 11.3. The lowest BCUT2D eigenvalue weighted by atomic mass is 10.0. The molecule has 29 heavy (non-hydrogen) atoms. The Bertz CT molecular complexity index is 897. The number of carboxylic acid groups (broad SMARTS) is 1. The van der Waals surface area contributed by atoms with Gasteiger partial charge in [-0.1, -0.05) is 56.0 Å². The van der Waals surface area contributed by atoms with Crippen LogP contribution in [0.4, 0.5) is 4.39 Å². The second kappa shape index (κ2) is 11.1. The molecule has 1 unspecified atom stereocenters. The van der Waals surface area contributed by atoms with Crippen molar-refractivity contribution in [3.63, 3.8) is 0 Å². The average Bonchev–Trinajstić information content (AvgIpc) is 2.67. The lowest BCUT2D eigenvalue weighted by Crippen LogP contribution is -2.29. The number of benzene rings is 2. The lowest BCUT2D eigenvalue weighted by Gasteiger charge is -2.20. The Morgan fingerprint density at radius 3 is 2.28 bits per heavy atom. The van der Waals surface area contributed by atoms with Crippen LogP contribution < -0.4 is 4.72 Å². The van der Waals surface area contributed by atoms with E-state index in [9.17, 15) is 17.6 Å². The van der Waals surface area contributed by atoms with Gasteiger partial charge in [-0.2, -0.15) is 0 Å². The fraction of sp³-hybridized carbons (Fsp3) is 0.409. The quantitative estimate of drug-likeness (QED) is 0.474. The van der Waals surface area contributed by atoms with Crippen LogP contribution in [0.25, 0.3) is 0 Å². The summed E-state index contributed by atoms with van der Waals surface area (Å²) < 4.78 is 41.9. The molecule has 7 heteroatoms. The zero-order valence-electron chi connectivity index (χ0n) is 16.6. The number of nitrogens with one attached hydrogen (secondary N) is 1. The Morgan fingerprint density at radius 1 is 1.00 bits per heavy atom. The summed E-state index contributed by atoms with van der Waals surface area (Å²) in [6.45, 7) is 1.75. The number of sulfonamides is 1. The summed E-state index contributed by atoms with van der Waals surface area (Å²) in [7, 11) is -3.72. The Balaban J connectivity index is 2.03. The van der Waals surface area contributed by atoms with Crippen molar-refractivity contribution in [2.45, 2.75) is 62.8 Å². The third-order valence-corrected chi connectivity index (χ3v) is 6.47. The van der Waals surface area contributed by atoms with E-state index in [2.05, 4.69) is 4.72 Å². The molecule has 2 aromatic rings. The molecule has 2 rings (SSSR count). The van der Waals surface area contributed by atoms with Gasteiger partial charge in [0, 0.05) is 12.5 Å². The standard InChI is InChI=1S/C22H28FNO4S/c1-17-9-7-8-11-21(17)29(27,28)24-20(18-13-15-19(23)16-14-18)10-5-3-2-4-6-12-22(25)26/h7-9,11,13-16,20,24H,2-6,10,12H2,1H3,(H,25,26). The minimum atomic E-state index is -3.72. The van der Waals surface area contributed by atoms with Crippen LogP contribution in [0.3, 0.4) is 0 Å². The number of aliphatic carboxylic acids is 1. The summed E-state index contributed by atoms with van der Waals surface area (Å²) in [5.74, 6) is -1.15. The number of rotatable bonds is 12. The van der Waals surface area contributed by atoms with Crippen molar-refractivity contribution in [3.05, 3.63) is 65.5 Å². The number of hydrogen-bond donors (Lipinski definition) is 2. The molecule has 0 aliphatic heterocycles. The average molecular weight is 422 g/mol. The van der Waals surface area contributed by atoms with E-state index in [4.69, 9.17) is 5.11 Å². The zero-order chi connectivity index (χ0) is 21.3. The second-order valence-corrected chi connectivity index (χ2v) is 8.87. The molecule has 2 N–H and O–H groups in total. The van der Waals surface area contributed by atoms with Gasteiger partial charge in [-0.15, -0.1) is 0 Å². The van der Waals surface area contributed by atoms with Crippen molar-refractivity contribution in [2.75, 3.05) is 0 Å². The lowest BCUT2D eigenvalue weighted by molar-refractivity contribution is -0.137. The Morgan fingerprint density at radius 2 is 1.62 bits per heavy atom. The third-order valence-electron chi connectivity index (χ3n) is 4.84. The van der Waals surface area contributed by atoms with E-state index in [1.807, 2.05) is 0 Å². The Hall–Kier alpha value is -2.25. The Labute approximate surface area is 172 Å². The number of carbonyl (C=O) groups is 1. The van der Waals surface area contributed by atoms with Gasteiger partial charge in [-0.3, -0.25) is 4.79 Å². The van der Waals surface area contributed by atoms with E-state index in [1.165, 1.54) is 12.1 Å². The highest BCUT2D eigenvalue weighted by Gasteiger charge is 2.22. The van der Waals surface area contributed by atoms with Gasteiger partial charge < -0.3 is 5.11 Å². The predicted octanol–water partition coefficient (Wildman–Crippen LogP) is 4.97. The maximum Gasteiger partial charge on any atom is 0.303 e. The first-order valence-electron chi connectivity index (χ1n) is 9.85. The van der Waals surface area contributed by atoms with Crippen LogP contribution in [0, 0.1) is 12.7 Å². The smallest absolute Gasteiger partial charge is 0.303 e. The maximum absolute atomic E-state index is 13.3. The minimum absolute atomic E-state index is 0.175. The number of hydrogen-bond acceptors (Lipinski definition) is 3. The van der Waals surface area contributed by atoms with Crippen LogP contribution in [-0.2, 0) is 14.8 Å². The zero-order valence-corrected chi connectivity index (χ0v) is 17.4. The van der Waals surface area contributed by atoms with E-state index in [-0.39, 0.29) is 17.1 Å². The van der Waals surface area contributed by atoms with Crippen LogP contribution in [0.1, 0.15) is 62.1 Å². The van der Waals surface area contributed by atoms with Crippen molar-refractivity contribution < 1.29 is 22.7 Å². The van der Waals surface area contributed by atoms with Gasteiger partial charge in [0.15, 0.2) is 0 Å². The molecule has 0 aliphatic rings. The van der Waals surface area contributed by atoms with Crippen LogP contribution >= 0.6 is 0 Å². The fourth-order valence-electron chi connectivity index (χ4n) is 3.25. The van der Waals surface area contributed by atoms with Gasteiger partial charge in [0.1, 0.15) is 5.82 Å². The molecule has 0 aromatic heterocycles. The molecule has 0 bridgehead atoms. The van der Waals surface area contributed by atoms with E-state index in [0.717, 1.165) is 31.2 Å². The predicted molar refractivity (Wildman–Crippen MR) is 111 cm³/mol. The maximum atomic E-state index is 13.3. The number of halogens is 1. The molecular weight excluding hydrogens is 393 g/mol. The molecule has 0 spiro atoms. The SMILES string of the molecule is Cc1ccccc1S(=O)(=O)NC(CCCCCCCC(=O)O)c1ccc(F)cc1. The van der Waals surface area contributed by atoms with Gasteiger partial charge in [0.25, 0.3) is 0 Å². The summed E-state index contributed by atoms with van der Waals surface area (Å²) in [6.07, 6.45) is 4.80. The van der Waals surface area contributed by atoms with E-state index in [0.29, 0.717) is 18.4 Å². The van der Waals surface area contributed by atoms with Crippen LogP contribution in [-0.4, -0.2) is 19.5 Å². The summed E-state index contributed by atoms with van der Waals surface area (Å²) in [6, 6.07) is 12.2. The third kappa shape index (κ3) is 7.59. The van der Waals surface area contributed by atoms with Gasteiger partial charge in [-0.05, 0) is 49.1 Å². The van der Waals surface area contributed by atoms with Gasteiger partial charge in [0.2, 0.25) is 10.0 Å².